The molecule has 0 bridgehead atoms. The summed E-state index contributed by atoms with van der Waals surface area (Å²) in [6.07, 6.45) is 0.751. The molecule has 14 heavy (non-hydrogen) atoms. The van der Waals surface area contributed by atoms with Crippen molar-refractivity contribution in [3.8, 4) is 0 Å². The number of rotatable bonds is 8. The van der Waals surface area contributed by atoms with Gasteiger partial charge in [-0.1, -0.05) is 0 Å². The Kier molecular flexibility index (Phi) is 8.57. The number of carbonyl (C=O) groups is 1. The van der Waals surface area contributed by atoms with Gasteiger partial charge in [-0.15, -0.1) is 0 Å². The first-order valence-corrected chi connectivity index (χ1v) is 5.29. The highest BCUT2D eigenvalue weighted by molar-refractivity contribution is 5.75. The third-order valence-corrected chi connectivity index (χ3v) is 1.79. The summed E-state index contributed by atoms with van der Waals surface area (Å²) in [5.74, 6) is 0.101. The van der Waals surface area contributed by atoms with E-state index in [0.29, 0.717) is 19.5 Å². The maximum absolute atomic E-state index is 11.0. The highest BCUT2D eigenvalue weighted by Gasteiger charge is 2.01. The molecule has 0 radical (unpaired) electrons. The van der Waals surface area contributed by atoms with Crippen LogP contribution in [0, 0.1) is 0 Å². The Bertz CT molecular complexity index is 151. The van der Waals surface area contributed by atoms with Gasteiger partial charge in [0.2, 0.25) is 5.91 Å². The summed E-state index contributed by atoms with van der Waals surface area (Å²) in [4.78, 5) is 11.0. The van der Waals surface area contributed by atoms with Gasteiger partial charge in [0.25, 0.3) is 0 Å². The topological polar surface area (TPSA) is 50.4 Å². The van der Waals surface area contributed by atoms with Gasteiger partial charge in [-0.25, -0.2) is 0 Å². The van der Waals surface area contributed by atoms with E-state index in [0.717, 1.165) is 13.2 Å². The lowest BCUT2D eigenvalue weighted by atomic mass is 10.3. The van der Waals surface area contributed by atoms with Crippen molar-refractivity contribution in [3.05, 3.63) is 0 Å². The van der Waals surface area contributed by atoms with Gasteiger partial charge < -0.3 is 15.4 Å². The second kappa shape index (κ2) is 8.97. The minimum absolute atomic E-state index is 0.101. The Morgan fingerprint density at radius 1 is 1.43 bits per heavy atom. The number of hydrogen-bond acceptors (Lipinski definition) is 3. The van der Waals surface area contributed by atoms with E-state index in [4.69, 9.17) is 4.74 Å². The van der Waals surface area contributed by atoms with Crippen LogP contribution in [0.2, 0.25) is 0 Å². The molecule has 1 atom stereocenters. The van der Waals surface area contributed by atoms with Crippen LogP contribution >= 0.6 is 0 Å². The molecule has 84 valence electrons. The van der Waals surface area contributed by atoms with Crippen molar-refractivity contribution < 1.29 is 9.53 Å². The number of ether oxygens (including phenoxy) is 1. The molecule has 0 aliphatic rings. The molecule has 0 spiro atoms. The predicted octanol–water partition coefficient (Wildman–Crippen LogP) is 0.527. The van der Waals surface area contributed by atoms with E-state index in [1.54, 1.807) is 0 Å². The predicted molar refractivity (Wildman–Crippen MR) is 57.3 cm³/mol. The summed E-state index contributed by atoms with van der Waals surface area (Å²) in [7, 11) is 0. The van der Waals surface area contributed by atoms with Crippen LogP contribution in [-0.4, -0.2) is 38.3 Å². The summed E-state index contributed by atoms with van der Waals surface area (Å²) in [6, 6.07) is 0. The Morgan fingerprint density at radius 3 is 2.71 bits per heavy atom. The Morgan fingerprint density at radius 2 is 2.14 bits per heavy atom. The summed E-state index contributed by atoms with van der Waals surface area (Å²) in [6.45, 7) is 8.86. The average Bonchev–Trinajstić information content (AvgIpc) is 2.13. The first kappa shape index (κ1) is 13.4. The van der Waals surface area contributed by atoms with Gasteiger partial charge in [-0.2, -0.15) is 0 Å². The molecule has 0 aliphatic carbocycles. The van der Waals surface area contributed by atoms with Crippen LogP contribution in [0.1, 0.15) is 27.2 Å². The average molecular weight is 202 g/mol. The van der Waals surface area contributed by atoms with Gasteiger partial charge in [0.15, 0.2) is 0 Å². The molecule has 2 N–H and O–H groups in total. The van der Waals surface area contributed by atoms with E-state index in [1.807, 2.05) is 20.8 Å². The number of hydrogen-bond donors (Lipinski definition) is 2. The van der Waals surface area contributed by atoms with Crippen molar-refractivity contribution in [1.29, 1.82) is 0 Å². The second-order valence-electron chi connectivity index (χ2n) is 3.17. The van der Waals surface area contributed by atoms with Crippen molar-refractivity contribution in [2.75, 3.05) is 26.2 Å². The van der Waals surface area contributed by atoms with Gasteiger partial charge in [0.05, 0.1) is 6.10 Å². The lowest BCUT2D eigenvalue weighted by molar-refractivity contribution is -0.120. The molecule has 0 heterocycles. The Hall–Kier alpha value is -0.610. The van der Waals surface area contributed by atoms with Crippen molar-refractivity contribution in [3.63, 3.8) is 0 Å². The molecule has 0 aromatic heterocycles. The second-order valence-corrected chi connectivity index (χ2v) is 3.17. The third-order valence-electron chi connectivity index (χ3n) is 1.79. The SMILES string of the molecule is CCNC(=O)CCNCC(C)OCC. The van der Waals surface area contributed by atoms with Crippen molar-refractivity contribution in [2.45, 2.75) is 33.3 Å². The van der Waals surface area contributed by atoms with Gasteiger partial charge in [-0.3, -0.25) is 4.79 Å². The van der Waals surface area contributed by atoms with Crippen LogP contribution < -0.4 is 10.6 Å². The normalized spacial score (nSPS) is 12.5. The Labute approximate surface area is 86.4 Å². The maximum atomic E-state index is 11.0. The maximum Gasteiger partial charge on any atom is 0.221 e. The van der Waals surface area contributed by atoms with Crippen LogP contribution in [0.3, 0.4) is 0 Å². The fourth-order valence-corrected chi connectivity index (χ4v) is 1.14. The fraction of sp³-hybridized carbons (Fsp3) is 0.900. The molecular formula is C10H22N2O2. The van der Waals surface area contributed by atoms with Crippen LogP contribution in [0.5, 0.6) is 0 Å². The molecule has 4 nitrogen and oxygen atoms in total. The number of amides is 1. The van der Waals surface area contributed by atoms with E-state index in [-0.39, 0.29) is 12.0 Å². The van der Waals surface area contributed by atoms with Gasteiger partial charge in [-0.05, 0) is 20.8 Å². The molecule has 0 fully saturated rings. The monoisotopic (exact) mass is 202 g/mol. The van der Waals surface area contributed by atoms with Crippen LogP contribution in [0.25, 0.3) is 0 Å². The van der Waals surface area contributed by atoms with E-state index in [1.165, 1.54) is 0 Å². The minimum atomic E-state index is 0.101. The lowest BCUT2D eigenvalue weighted by Gasteiger charge is -2.12. The molecule has 0 rings (SSSR count). The summed E-state index contributed by atoms with van der Waals surface area (Å²) in [5.41, 5.74) is 0. The van der Waals surface area contributed by atoms with Crippen LogP contribution in [0.15, 0.2) is 0 Å². The van der Waals surface area contributed by atoms with Crippen LogP contribution in [0.4, 0.5) is 0 Å². The van der Waals surface area contributed by atoms with Gasteiger partial charge >= 0.3 is 0 Å². The fourth-order valence-electron chi connectivity index (χ4n) is 1.14. The van der Waals surface area contributed by atoms with E-state index < -0.39 is 0 Å². The minimum Gasteiger partial charge on any atom is -0.377 e. The largest absolute Gasteiger partial charge is 0.377 e. The zero-order valence-electron chi connectivity index (χ0n) is 9.43. The standard InChI is InChI=1S/C10H22N2O2/c1-4-12-10(13)6-7-11-8-9(3)14-5-2/h9,11H,4-8H2,1-3H3,(H,12,13). The van der Waals surface area contributed by atoms with E-state index >= 15 is 0 Å². The zero-order valence-corrected chi connectivity index (χ0v) is 9.43. The summed E-state index contributed by atoms with van der Waals surface area (Å²) in [5, 5.41) is 5.92. The highest BCUT2D eigenvalue weighted by atomic mass is 16.5. The molecule has 0 aliphatic heterocycles. The summed E-state index contributed by atoms with van der Waals surface area (Å²) >= 11 is 0. The highest BCUT2D eigenvalue weighted by Crippen LogP contribution is 1.87. The molecule has 4 heteroatoms. The first-order valence-electron chi connectivity index (χ1n) is 5.29. The quantitative estimate of drug-likeness (QED) is 0.564. The van der Waals surface area contributed by atoms with Crippen molar-refractivity contribution in [1.82, 2.24) is 10.6 Å². The molecular weight excluding hydrogens is 180 g/mol. The molecule has 0 saturated carbocycles. The van der Waals surface area contributed by atoms with Gasteiger partial charge in [0, 0.05) is 32.7 Å². The van der Waals surface area contributed by atoms with E-state index in [2.05, 4.69) is 10.6 Å². The zero-order chi connectivity index (χ0) is 10.8. The van der Waals surface area contributed by atoms with Crippen molar-refractivity contribution in [2.24, 2.45) is 0 Å². The molecule has 0 saturated heterocycles. The molecule has 0 aromatic carbocycles. The number of carbonyl (C=O) groups excluding carboxylic acids is 1. The lowest BCUT2D eigenvalue weighted by Crippen LogP contribution is -2.31. The van der Waals surface area contributed by atoms with E-state index in [9.17, 15) is 4.79 Å². The first-order chi connectivity index (χ1) is 6.70. The number of nitrogens with one attached hydrogen (secondary N) is 2. The molecule has 1 unspecified atom stereocenters. The Balaban J connectivity index is 3.24. The third kappa shape index (κ3) is 8.01. The summed E-state index contributed by atoms with van der Waals surface area (Å²) < 4.78 is 5.33. The van der Waals surface area contributed by atoms with Crippen molar-refractivity contribution >= 4 is 5.91 Å². The van der Waals surface area contributed by atoms with Gasteiger partial charge in [0.1, 0.15) is 0 Å². The smallest absolute Gasteiger partial charge is 0.221 e. The van der Waals surface area contributed by atoms with Crippen LogP contribution in [-0.2, 0) is 9.53 Å². The molecule has 0 aromatic rings. The molecule has 1 amide bonds.